The zero-order valence-electron chi connectivity index (χ0n) is 21.5. The topological polar surface area (TPSA) is 83.1 Å². The number of carbonyl (C=O) groups is 2. The minimum absolute atomic E-state index is 0.0252. The van der Waals surface area contributed by atoms with Gasteiger partial charge in [0.25, 0.3) is 0 Å². The maximum atomic E-state index is 13.9. The summed E-state index contributed by atoms with van der Waals surface area (Å²) in [6.07, 6.45) is 1.62. The molecule has 2 atom stereocenters. The normalized spacial score (nSPS) is 19.4. The maximum absolute atomic E-state index is 13.9. The van der Waals surface area contributed by atoms with E-state index in [1.807, 2.05) is 50.2 Å². The predicted octanol–water partition coefficient (Wildman–Crippen LogP) is 5.03. The lowest BCUT2D eigenvalue weighted by atomic mass is 9.71. The molecule has 36 heavy (non-hydrogen) atoms. The third-order valence-electron chi connectivity index (χ3n) is 6.81. The van der Waals surface area contributed by atoms with Gasteiger partial charge >= 0.3 is 5.97 Å². The standard InChI is InChI=1S/C29H33NO6/c1-6-14-36-29(32)25-17(2)30-21-15-18(19-10-7-8-12-23(19)33-3)16-22(31)27(21)26(25)20-11-9-13-24(34-4)28(20)35-5/h7-13,18,26,30H,6,14-16H2,1-5H3/t18-,26+/m0/s1. The molecule has 2 aromatic carbocycles. The summed E-state index contributed by atoms with van der Waals surface area (Å²) in [7, 11) is 4.76. The van der Waals surface area contributed by atoms with Gasteiger partial charge in [0.15, 0.2) is 17.3 Å². The van der Waals surface area contributed by atoms with Gasteiger partial charge in [0.1, 0.15) is 5.75 Å². The van der Waals surface area contributed by atoms with Crippen LogP contribution < -0.4 is 19.5 Å². The fourth-order valence-corrected chi connectivity index (χ4v) is 5.26. The molecule has 1 N–H and O–H groups in total. The molecular formula is C29H33NO6. The van der Waals surface area contributed by atoms with E-state index in [0.717, 1.165) is 17.0 Å². The molecule has 7 nitrogen and oxygen atoms in total. The molecule has 0 aromatic heterocycles. The molecule has 0 unspecified atom stereocenters. The number of nitrogens with one attached hydrogen (secondary N) is 1. The van der Waals surface area contributed by atoms with E-state index < -0.39 is 11.9 Å². The van der Waals surface area contributed by atoms with E-state index in [0.29, 0.717) is 59.8 Å². The SMILES string of the molecule is CCCOC(=O)C1=C(C)NC2=C(C(=O)C[C@@H](c3ccccc3OC)C2)[C@@H]1c1cccc(OC)c1OC. The third-order valence-corrected chi connectivity index (χ3v) is 6.81. The summed E-state index contributed by atoms with van der Waals surface area (Å²) in [6.45, 7) is 4.09. The Bertz CT molecular complexity index is 1230. The van der Waals surface area contributed by atoms with E-state index in [-0.39, 0.29) is 11.7 Å². The second-order valence-corrected chi connectivity index (χ2v) is 8.98. The van der Waals surface area contributed by atoms with Crippen molar-refractivity contribution < 1.29 is 28.5 Å². The summed E-state index contributed by atoms with van der Waals surface area (Å²) < 4.78 is 22.4. The zero-order chi connectivity index (χ0) is 25.8. The number of carbonyl (C=O) groups excluding carboxylic acids is 2. The van der Waals surface area contributed by atoms with Crippen molar-refractivity contribution >= 4 is 11.8 Å². The summed E-state index contributed by atoms with van der Waals surface area (Å²) in [5.74, 6) is 0.635. The Morgan fingerprint density at radius 2 is 1.64 bits per heavy atom. The molecule has 0 fully saturated rings. The van der Waals surface area contributed by atoms with Crippen molar-refractivity contribution in [2.75, 3.05) is 27.9 Å². The molecule has 2 aromatic rings. The van der Waals surface area contributed by atoms with Gasteiger partial charge in [-0.2, -0.15) is 0 Å². The minimum Gasteiger partial charge on any atom is -0.496 e. The number of ketones is 1. The lowest BCUT2D eigenvalue weighted by Crippen LogP contribution is -2.36. The van der Waals surface area contributed by atoms with E-state index in [1.54, 1.807) is 27.4 Å². The second-order valence-electron chi connectivity index (χ2n) is 8.98. The largest absolute Gasteiger partial charge is 0.496 e. The molecule has 0 amide bonds. The number of Topliss-reactive ketones (excluding diaryl/α,β-unsaturated/α-hetero) is 1. The first-order valence-corrected chi connectivity index (χ1v) is 12.2. The average molecular weight is 492 g/mol. The van der Waals surface area contributed by atoms with Gasteiger partial charge in [-0.3, -0.25) is 4.79 Å². The van der Waals surface area contributed by atoms with Crippen molar-refractivity contribution in [1.82, 2.24) is 5.32 Å². The highest BCUT2D eigenvalue weighted by Gasteiger charge is 2.43. The van der Waals surface area contributed by atoms with Crippen LogP contribution in [0.25, 0.3) is 0 Å². The van der Waals surface area contributed by atoms with Gasteiger partial charge in [-0.1, -0.05) is 37.3 Å². The lowest BCUT2D eigenvalue weighted by molar-refractivity contribution is -0.139. The van der Waals surface area contributed by atoms with Crippen LogP contribution in [0.2, 0.25) is 0 Å². The van der Waals surface area contributed by atoms with Crippen molar-refractivity contribution in [3.63, 3.8) is 0 Å². The van der Waals surface area contributed by atoms with E-state index in [9.17, 15) is 9.59 Å². The van der Waals surface area contributed by atoms with Crippen molar-refractivity contribution in [2.45, 2.75) is 44.9 Å². The summed E-state index contributed by atoms with van der Waals surface area (Å²) >= 11 is 0. The molecule has 190 valence electrons. The number of esters is 1. The van der Waals surface area contributed by atoms with Crippen molar-refractivity contribution in [3.05, 3.63) is 76.1 Å². The molecule has 1 aliphatic carbocycles. The van der Waals surface area contributed by atoms with Gasteiger partial charge in [0.05, 0.1) is 39.4 Å². The first-order chi connectivity index (χ1) is 17.4. The van der Waals surface area contributed by atoms with Crippen molar-refractivity contribution in [3.8, 4) is 17.2 Å². The quantitative estimate of drug-likeness (QED) is 0.519. The first-order valence-electron chi connectivity index (χ1n) is 12.2. The number of allylic oxidation sites excluding steroid dienone is 3. The van der Waals surface area contributed by atoms with Gasteiger partial charge in [-0.25, -0.2) is 4.79 Å². The smallest absolute Gasteiger partial charge is 0.336 e. The molecule has 0 spiro atoms. The van der Waals surface area contributed by atoms with Crippen LogP contribution in [0.1, 0.15) is 56.1 Å². The van der Waals surface area contributed by atoms with E-state index in [4.69, 9.17) is 18.9 Å². The zero-order valence-corrected chi connectivity index (χ0v) is 21.5. The third kappa shape index (κ3) is 4.57. The molecular weight excluding hydrogens is 458 g/mol. The minimum atomic E-state index is -0.637. The monoisotopic (exact) mass is 491 g/mol. The van der Waals surface area contributed by atoms with Crippen LogP contribution in [0.5, 0.6) is 17.2 Å². The Balaban J connectivity index is 1.86. The highest BCUT2D eigenvalue weighted by molar-refractivity contribution is 6.04. The number of hydrogen-bond acceptors (Lipinski definition) is 7. The summed E-state index contributed by atoms with van der Waals surface area (Å²) in [4.78, 5) is 27.2. The Morgan fingerprint density at radius 1 is 0.944 bits per heavy atom. The lowest BCUT2D eigenvalue weighted by Gasteiger charge is -2.37. The highest BCUT2D eigenvalue weighted by Crippen LogP contribution is 2.50. The highest BCUT2D eigenvalue weighted by atomic mass is 16.5. The molecule has 2 aliphatic rings. The molecule has 7 heteroatoms. The predicted molar refractivity (Wildman–Crippen MR) is 136 cm³/mol. The number of para-hydroxylation sites is 2. The molecule has 0 saturated heterocycles. The van der Waals surface area contributed by atoms with Crippen molar-refractivity contribution in [1.29, 1.82) is 0 Å². The summed E-state index contributed by atoms with van der Waals surface area (Å²) in [5, 5.41) is 3.38. The Labute approximate surface area is 212 Å². The number of hydrogen-bond donors (Lipinski definition) is 1. The number of methoxy groups -OCH3 is 3. The van der Waals surface area contributed by atoms with Gasteiger partial charge in [0, 0.05) is 34.9 Å². The molecule has 4 rings (SSSR count). The Kier molecular flexibility index (Phi) is 7.67. The molecule has 0 radical (unpaired) electrons. The number of rotatable bonds is 8. The van der Waals surface area contributed by atoms with Gasteiger partial charge in [-0.15, -0.1) is 0 Å². The van der Waals surface area contributed by atoms with E-state index in [2.05, 4.69) is 5.32 Å². The number of ether oxygens (including phenoxy) is 4. The summed E-state index contributed by atoms with van der Waals surface area (Å²) in [6, 6.07) is 13.3. The Morgan fingerprint density at radius 3 is 2.33 bits per heavy atom. The average Bonchev–Trinajstić information content (AvgIpc) is 2.90. The fourth-order valence-electron chi connectivity index (χ4n) is 5.26. The van der Waals surface area contributed by atoms with Crippen LogP contribution in [0, 0.1) is 0 Å². The first kappa shape index (κ1) is 25.4. The van der Waals surface area contributed by atoms with Crippen LogP contribution in [0.3, 0.4) is 0 Å². The molecule has 0 saturated carbocycles. The van der Waals surface area contributed by atoms with Crippen LogP contribution in [0.4, 0.5) is 0 Å². The van der Waals surface area contributed by atoms with E-state index in [1.165, 1.54) is 0 Å². The van der Waals surface area contributed by atoms with Crippen LogP contribution in [0.15, 0.2) is 65.0 Å². The van der Waals surface area contributed by atoms with Crippen LogP contribution in [-0.2, 0) is 14.3 Å². The number of benzene rings is 2. The van der Waals surface area contributed by atoms with Gasteiger partial charge in [0.2, 0.25) is 0 Å². The van der Waals surface area contributed by atoms with Gasteiger partial charge < -0.3 is 24.3 Å². The molecule has 1 aliphatic heterocycles. The van der Waals surface area contributed by atoms with Gasteiger partial charge in [-0.05, 0) is 37.5 Å². The van der Waals surface area contributed by atoms with Crippen LogP contribution >= 0.6 is 0 Å². The fraction of sp³-hybridized carbons (Fsp3) is 0.379. The molecule has 0 bridgehead atoms. The second kappa shape index (κ2) is 10.9. The molecule has 1 heterocycles. The summed E-state index contributed by atoms with van der Waals surface area (Å²) in [5.41, 5.74) is 4.14. The van der Waals surface area contributed by atoms with Crippen molar-refractivity contribution in [2.24, 2.45) is 0 Å². The maximum Gasteiger partial charge on any atom is 0.336 e. The van der Waals surface area contributed by atoms with E-state index >= 15 is 0 Å². The number of dihydropyridines is 1. The van der Waals surface area contributed by atoms with Crippen LogP contribution in [-0.4, -0.2) is 39.7 Å². The Hall–Kier alpha value is -3.74.